The fraction of sp³-hybridized carbons (Fsp3) is 0.417. The molecule has 1 aromatic carbocycles. The second-order valence-electron chi connectivity index (χ2n) is 7.98. The lowest BCUT2D eigenvalue weighted by Crippen LogP contribution is -2.48. The summed E-state index contributed by atoms with van der Waals surface area (Å²) in [7, 11) is 0. The predicted molar refractivity (Wildman–Crippen MR) is 119 cm³/mol. The second-order valence-corrected chi connectivity index (χ2v) is 7.98. The highest BCUT2D eigenvalue weighted by Crippen LogP contribution is 2.21. The first-order valence-corrected chi connectivity index (χ1v) is 10.5. The minimum atomic E-state index is -0.384. The Morgan fingerprint density at radius 3 is 2.40 bits per heavy atom. The van der Waals surface area contributed by atoms with Crippen molar-refractivity contribution in [3.05, 3.63) is 64.5 Å². The minimum Gasteiger partial charge on any atom is -0.459 e. The van der Waals surface area contributed by atoms with Gasteiger partial charge in [0, 0.05) is 38.4 Å². The molecule has 0 aliphatic carbocycles. The highest BCUT2D eigenvalue weighted by Gasteiger charge is 2.28. The number of nitrogens with zero attached hydrogens (tertiary/aromatic N) is 2. The fourth-order valence-electron chi connectivity index (χ4n) is 3.74. The normalized spacial score (nSPS) is 15.2. The molecule has 0 saturated carbocycles. The fourth-order valence-corrected chi connectivity index (χ4v) is 3.74. The van der Waals surface area contributed by atoms with E-state index in [9.17, 15) is 9.59 Å². The SMILES string of the molecule is Cc1[nH]c(C(=O)N2CCN(C/C=C/c3ccccc3)CC2)c(C)c1C(=O)OC(C)C. The van der Waals surface area contributed by atoms with Crippen LogP contribution in [0.15, 0.2) is 36.4 Å². The third-order valence-electron chi connectivity index (χ3n) is 5.33. The number of hydrogen-bond donors (Lipinski definition) is 1. The third kappa shape index (κ3) is 5.19. The maximum Gasteiger partial charge on any atom is 0.340 e. The van der Waals surface area contributed by atoms with Gasteiger partial charge >= 0.3 is 5.97 Å². The summed E-state index contributed by atoms with van der Waals surface area (Å²) in [4.78, 5) is 32.7. The number of aromatic nitrogens is 1. The molecule has 0 radical (unpaired) electrons. The highest BCUT2D eigenvalue weighted by molar-refractivity contribution is 6.00. The van der Waals surface area contributed by atoms with E-state index in [0.717, 1.165) is 19.6 Å². The minimum absolute atomic E-state index is 0.0568. The molecule has 160 valence electrons. The molecule has 1 aliphatic rings. The monoisotopic (exact) mass is 409 g/mol. The number of rotatable bonds is 6. The lowest BCUT2D eigenvalue weighted by Gasteiger charge is -2.34. The molecule has 1 fully saturated rings. The van der Waals surface area contributed by atoms with Gasteiger partial charge in [0.25, 0.3) is 5.91 Å². The van der Waals surface area contributed by atoms with Crippen molar-refractivity contribution in [3.8, 4) is 0 Å². The molecule has 6 heteroatoms. The Kier molecular flexibility index (Phi) is 7.11. The van der Waals surface area contributed by atoms with Crippen LogP contribution in [-0.4, -0.2) is 65.5 Å². The summed E-state index contributed by atoms with van der Waals surface area (Å²) in [6.07, 6.45) is 4.09. The zero-order valence-corrected chi connectivity index (χ0v) is 18.3. The zero-order valence-electron chi connectivity index (χ0n) is 18.3. The number of carbonyl (C=O) groups excluding carboxylic acids is 2. The first-order chi connectivity index (χ1) is 14.4. The number of carbonyl (C=O) groups is 2. The summed E-state index contributed by atoms with van der Waals surface area (Å²) in [6.45, 7) is 11.1. The number of aromatic amines is 1. The van der Waals surface area contributed by atoms with Crippen molar-refractivity contribution in [1.82, 2.24) is 14.8 Å². The van der Waals surface area contributed by atoms with Gasteiger partial charge in [-0.3, -0.25) is 9.69 Å². The van der Waals surface area contributed by atoms with Gasteiger partial charge in [-0.05, 0) is 38.8 Å². The van der Waals surface area contributed by atoms with E-state index >= 15 is 0 Å². The number of piperazine rings is 1. The summed E-state index contributed by atoms with van der Waals surface area (Å²) in [5.41, 5.74) is 3.48. The smallest absolute Gasteiger partial charge is 0.340 e. The zero-order chi connectivity index (χ0) is 21.7. The molecule has 0 spiro atoms. The Bertz CT molecular complexity index is 907. The average Bonchev–Trinajstić information content (AvgIpc) is 3.02. The molecule has 1 aliphatic heterocycles. The van der Waals surface area contributed by atoms with Crippen LogP contribution in [0.2, 0.25) is 0 Å². The van der Waals surface area contributed by atoms with Crippen molar-refractivity contribution in [2.45, 2.75) is 33.8 Å². The highest BCUT2D eigenvalue weighted by atomic mass is 16.5. The average molecular weight is 410 g/mol. The van der Waals surface area contributed by atoms with E-state index in [4.69, 9.17) is 4.74 Å². The van der Waals surface area contributed by atoms with Crippen LogP contribution in [0.4, 0.5) is 0 Å². The summed E-state index contributed by atoms with van der Waals surface area (Å²) in [5, 5.41) is 0. The van der Waals surface area contributed by atoms with Crippen LogP contribution in [0.5, 0.6) is 0 Å². The van der Waals surface area contributed by atoms with E-state index in [1.807, 2.05) is 36.9 Å². The first-order valence-electron chi connectivity index (χ1n) is 10.5. The number of H-pyrrole nitrogens is 1. The molecule has 1 N–H and O–H groups in total. The Balaban J connectivity index is 1.58. The lowest BCUT2D eigenvalue weighted by atomic mass is 10.1. The molecule has 1 aromatic heterocycles. The van der Waals surface area contributed by atoms with E-state index in [1.54, 1.807) is 13.8 Å². The summed E-state index contributed by atoms with van der Waals surface area (Å²) in [6, 6.07) is 10.2. The Labute approximate surface area is 178 Å². The molecule has 30 heavy (non-hydrogen) atoms. The van der Waals surface area contributed by atoms with Gasteiger partial charge in [0.15, 0.2) is 0 Å². The Morgan fingerprint density at radius 2 is 1.77 bits per heavy atom. The standard InChI is InChI=1S/C24H31N3O3/c1-17(2)30-24(29)21-18(3)22(25-19(21)4)23(28)27-15-13-26(14-16-27)12-8-11-20-9-6-5-7-10-20/h5-11,17,25H,12-16H2,1-4H3/b11-8+. The molecule has 2 aromatic rings. The quantitative estimate of drug-likeness (QED) is 0.740. The number of benzene rings is 1. The van der Waals surface area contributed by atoms with Crippen molar-refractivity contribution < 1.29 is 14.3 Å². The molecule has 2 heterocycles. The van der Waals surface area contributed by atoms with Crippen LogP contribution in [0.3, 0.4) is 0 Å². The van der Waals surface area contributed by atoms with Crippen molar-refractivity contribution in [1.29, 1.82) is 0 Å². The van der Waals surface area contributed by atoms with Gasteiger partial charge in [-0.15, -0.1) is 0 Å². The number of aryl methyl sites for hydroxylation is 1. The van der Waals surface area contributed by atoms with Gasteiger partial charge in [-0.2, -0.15) is 0 Å². The largest absolute Gasteiger partial charge is 0.459 e. The van der Waals surface area contributed by atoms with Crippen LogP contribution in [0.25, 0.3) is 6.08 Å². The number of ether oxygens (including phenoxy) is 1. The number of amides is 1. The van der Waals surface area contributed by atoms with Gasteiger partial charge in [-0.25, -0.2) is 4.79 Å². The first kappa shape index (κ1) is 21.8. The van der Waals surface area contributed by atoms with Crippen LogP contribution in [0, 0.1) is 13.8 Å². The molecule has 0 bridgehead atoms. The maximum absolute atomic E-state index is 13.0. The van der Waals surface area contributed by atoms with Gasteiger partial charge in [-0.1, -0.05) is 42.5 Å². The number of nitrogens with one attached hydrogen (secondary N) is 1. The third-order valence-corrected chi connectivity index (χ3v) is 5.33. The molecule has 1 amide bonds. The number of esters is 1. The van der Waals surface area contributed by atoms with E-state index < -0.39 is 0 Å². The summed E-state index contributed by atoms with van der Waals surface area (Å²) in [5.74, 6) is -0.441. The van der Waals surface area contributed by atoms with Crippen molar-refractivity contribution in [2.24, 2.45) is 0 Å². The number of hydrogen-bond acceptors (Lipinski definition) is 4. The molecule has 3 rings (SSSR count). The van der Waals surface area contributed by atoms with Crippen molar-refractivity contribution >= 4 is 18.0 Å². The van der Waals surface area contributed by atoms with E-state index in [0.29, 0.717) is 35.6 Å². The molecule has 0 unspecified atom stereocenters. The Hall–Kier alpha value is -2.86. The Morgan fingerprint density at radius 1 is 1.10 bits per heavy atom. The van der Waals surface area contributed by atoms with Crippen LogP contribution in [0.1, 0.15) is 51.5 Å². The van der Waals surface area contributed by atoms with Gasteiger partial charge < -0.3 is 14.6 Å². The van der Waals surface area contributed by atoms with Crippen LogP contribution < -0.4 is 0 Å². The van der Waals surface area contributed by atoms with Crippen LogP contribution >= 0.6 is 0 Å². The maximum atomic E-state index is 13.0. The topological polar surface area (TPSA) is 65.6 Å². The second kappa shape index (κ2) is 9.76. The molecule has 1 saturated heterocycles. The molecular weight excluding hydrogens is 378 g/mol. The molecular formula is C24H31N3O3. The van der Waals surface area contributed by atoms with Crippen molar-refractivity contribution in [2.75, 3.05) is 32.7 Å². The van der Waals surface area contributed by atoms with E-state index in [1.165, 1.54) is 5.56 Å². The summed E-state index contributed by atoms with van der Waals surface area (Å²) >= 11 is 0. The van der Waals surface area contributed by atoms with Gasteiger partial charge in [0.1, 0.15) is 5.69 Å². The van der Waals surface area contributed by atoms with Crippen molar-refractivity contribution in [3.63, 3.8) is 0 Å². The predicted octanol–water partition coefficient (Wildman–Crippen LogP) is 3.67. The van der Waals surface area contributed by atoms with Gasteiger partial charge in [0.2, 0.25) is 0 Å². The molecule has 0 atom stereocenters. The van der Waals surface area contributed by atoms with E-state index in [2.05, 4.69) is 34.2 Å². The molecule has 6 nitrogen and oxygen atoms in total. The van der Waals surface area contributed by atoms with E-state index in [-0.39, 0.29) is 18.0 Å². The van der Waals surface area contributed by atoms with Gasteiger partial charge in [0.05, 0.1) is 11.7 Å². The lowest BCUT2D eigenvalue weighted by molar-refractivity contribution is 0.0376. The summed E-state index contributed by atoms with van der Waals surface area (Å²) < 4.78 is 5.32. The van der Waals surface area contributed by atoms with Crippen LogP contribution in [-0.2, 0) is 4.74 Å².